The quantitative estimate of drug-likeness (QED) is 0.661. The summed E-state index contributed by atoms with van der Waals surface area (Å²) in [4.78, 5) is 11.0. The summed E-state index contributed by atoms with van der Waals surface area (Å²) < 4.78 is 0. The molecule has 1 fully saturated rings. The van der Waals surface area contributed by atoms with Crippen molar-refractivity contribution in [2.45, 2.75) is 38.1 Å². The van der Waals surface area contributed by atoms with E-state index in [1.165, 1.54) is 19.3 Å². The predicted octanol–water partition coefficient (Wildman–Crippen LogP) is 1.80. The van der Waals surface area contributed by atoms with E-state index in [9.17, 15) is 4.79 Å². The molecule has 1 saturated carbocycles. The molecule has 0 aromatic rings. The molecule has 0 amide bonds. The maximum atomic E-state index is 11.0. The van der Waals surface area contributed by atoms with E-state index in [1.807, 2.05) is 0 Å². The molecule has 1 aliphatic rings. The van der Waals surface area contributed by atoms with Gasteiger partial charge in [0.2, 0.25) is 0 Å². The first-order chi connectivity index (χ1) is 6.75. The number of nitrogens with one attached hydrogen (secondary N) is 1. The second kappa shape index (κ2) is 5.81. The molecule has 1 aliphatic carbocycles. The molecule has 0 aliphatic heterocycles. The maximum Gasteiger partial charge on any atom is 0.320 e. The third-order valence-corrected chi connectivity index (χ3v) is 2.87. The van der Waals surface area contributed by atoms with Crippen molar-refractivity contribution in [3.05, 3.63) is 12.7 Å². The van der Waals surface area contributed by atoms with Gasteiger partial charge in [-0.1, -0.05) is 25.3 Å². The average Bonchev–Trinajstić information content (AvgIpc) is 2.19. The van der Waals surface area contributed by atoms with Gasteiger partial charge in [-0.15, -0.1) is 6.58 Å². The fourth-order valence-corrected chi connectivity index (χ4v) is 2.13. The first-order valence-electron chi connectivity index (χ1n) is 5.32. The van der Waals surface area contributed by atoms with Crippen molar-refractivity contribution < 1.29 is 9.90 Å². The van der Waals surface area contributed by atoms with Crippen LogP contribution in [0, 0.1) is 5.92 Å². The van der Waals surface area contributed by atoms with Gasteiger partial charge in [0.05, 0.1) is 0 Å². The Morgan fingerprint density at radius 1 is 1.50 bits per heavy atom. The number of aliphatic carboxylic acids is 1. The lowest BCUT2D eigenvalue weighted by Crippen LogP contribution is -2.43. The minimum atomic E-state index is -0.723. The van der Waals surface area contributed by atoms with Crippen molar-refractivity contribution in [3.8, 4) is 0 Å². The Balaban J connectivity index is 2.46. The monoisotopic (exact) mass is 197 g/mol. The van der Waals surface area contributed by atoms with Crippen LogP contribution in [-0.4, -0.2) is 23.7 Å². The van der Waals surface area contributed by atoms with E-state index < -0.39 is 5.97 Å². The molecule has 1 atom stereocenters. The Hall–Kier alpha value is -0.830. The lowest BCUT2D eigenvalue weighted by atomic mass is 9.84. The van der Waals surface area contributed by atoms with Crippen molar-refractivity contribution in [1.82, 2.24) is 5.32 Å². The highest BCUT2D eigenvalue weighted by atomic mass is 16.4. The minimum absolute atomic E-state index is 0.307. The topological polar surface area (TPSA) is 49.3 Å². The number of hydrogen-bond acceptors (Lipinski definition) is 2. The van der Waals surface area contributed by atoms with Crippen LogP contribution in [0.3, 0.4) is 0 Å². The molecular weight excluding hydrogens is 178 g/mol. The number of hydrogen-bond donors (Lipinski definition) is 2. The fraction of sp³-hybridized carbons (Fsp3) is 0.727. The summed E-state index contributed by atoms with van der Waals surface area (Å²) in [7, 11) is 0. The van der Waals surface area contributed by atoms with Crippen molar-refractivity contribution in [2.24, 2.45) is 5.92 Å². The Labute approximate surface area is 85.2 Å². The first kappa shape index (κ1) is 11.2. The van der Waals surface area contributed by atoms with Gasteiger partial charge in [0.1, 0.15) is 6.04 Å². The minimum Gasteiger partial charge on any atom is -0.480 e. The number of carboxylic acid groups (broad SMARTS) is 1. The summed E-state index contributed by atoms with van der Waals surface area (Å²) in [6.45, 7) is 4.16. The SMILES string of the molecule is C=CCNC(C(=O)O)C1CCCCC1. The Morgan fingerprint density at radius 3 is 2.64 bits per heavy atom. The van der Waals surface area contributed by atoms with E-state index in [1.54, 1.807) is 6.08 Å². The van der Waals surface area contributed by atoms with Gasteiger partial charge in [-0.2, -0.15) is 0 Å². The molecule has 0 bridgehead atoms. The zero-order valence-electron chi connectivity index (χ0n) is 8.54. The van der Waals surface area contributed by atoms with E-state index in [4.69, 9.17) is 5.11 Å². The van der Waals surface area contributed by atoms with E-state index in [-0.39, 0.29) is 6.04 Å². The van der Waals surface area contributed by atoms with Crippen molar-refractivity contribution in [3.63, 3.8) is 0 Å². The van der Waals surface area contributed by atoms with E-state index in [0.29, 0.717) is 12.5 Å². The number of carbonyl (C=O) groups is 1. The Kier molecular flexibility index (Phi) is 4.66. The Morgan fingerprint density at radius 2 is 2.14 bits per heavy atom. The fourth-order valence-electron chi connectivity index (χ4n) is 2.13. The maximum absolute atomic E-state index is 11.0. The molecule has 0 heterocycles. The van der Waals surface area contributed by atoms with Gasteiger partial charge in [-0.3, -0.25) is 4.79 Å². The van der Waals surface area contributed by atoms with Crippen LogP contribution in [0.5, 0.6) is 0 Å². The third-order valence-electron chi connectivity index (χ3n) is 2.87. The van der Waals surface area contributed by atoms with Crippen LogP contribution in [0.25, 0.3) is 0 Å². The molecule has 0 aromatic heterocycles. The van der Waals surface area contributed by atoms with E-state index in [0.717, 1.165) is 12.8 Å². The second-order valence-corrected chi connectivity index (χ2v) is 3.91. The molecular formula is C11H19NO2. The highest BCUT2D eigenvalue weighted by Gasteiger charge is 2.28. The van der Waals surface area contributed by atoms with Crippen LogP contribution in [0.15, 0.2) is 12.7 Å². The predicted molar refractivity (Wildman–Crippen MR) is 56.2 cm³/mol. The molecule has 0 aromatic carbocycles. The highest BCUT2D eigenvalue weighted by Crippen LogP contribution is 2.26. The molecule has 0 saturated heterocycles. The largest absolute Gasteiger partial charge is 0.480 e. The summed E-state index contributed by atoms with van der Waals surface area (Å²) in [5.74, 6) is -0.417. The van der Waals surface area contributed by atoms with E-state index in [2.05, 4.69) is 11.9 Å². The lowest BCUT2D eigenvalue weighted by molar-refractivity contribution is -0.141. The van der Waals surface area contributed by atoms with Crippen LogP contribution in [0.4, 0.5) is 0 Å². The molecule has 3 heteroatoms. The normalized spacial score (nSPS) is 20.3. The standard InChI is InChI=1S/C11H19NO2/c1-2-8-12-10(11(13)14)9-6-4-3-5-7-9/h2,9-10,12H,1,3-8H2,(H,13,14). The van der Waals surface area contributed by atoms with Gasteiger partial charge >= 0.3 is 5.97 Å². The molecule has 3 nitrogen and oxygen atoms in total. The zero-order valence-corrected chi connectivity index (χ0v) is 8.54. The highest BCUT2D eigenvalue weighted by molar-refractivity contribution is 5.73. The van der Waals surface area contributed by atoms with Gasteiger partial charge in [0.15, 0.2) is 0 Å². The van der Waals surface area contributed by atoms with Crippen molar-refractivity contribution in [2.75, 3.05) is 6.54 Å². The van der Waals surface area contributed by atoms with Gasteiger partial charge in [0.25, 0.3) is 0 Å². The molecule has 0 radical (unpaired) electrons. The lowest BCUT2D eigenvalue weighted by Gasteiger charge is -2.27. The van der Waals surface area contributed by atoms with Gasteiger partial charge < -0.3 is 10.4 Å². The third kappa shape index (κ3) is 3.14. The van der Waals surface area contributed by atoms with E-state index >= 15 is 0 Å². The summed E-state index contributed by atoms with van der Waals surface area (Å²) in [6.07, 6.45) is 7.39. The van der Waals surface area contributed by atoms with Crippen LogP contribution in [0.2, 0.25) is 0 Å². The summed E-state index contributed by atoms with van der Waals surface area (Å²) in [5.41, 5.74) is 0. The summed E-state index contributed by atoms with van der Waals surface area (Å²) in [5, 5.41) is 12.1. The first-order valence-corrected chi connectivity index (χ1v) is 5.32. The smallest absolute Gasteiger partial charge is 0.320 e. The van der Waals surface area contributed by atoms with Crippen molar-refractivity contribution >= 4 is 5.97 Å². The molecule has 1 unspecified atom stereocenters. The van der Waals surface area contributed by atoms with Gasteiger partial charge in [0, 0.05) is 6.54 Å². The molecule has 80 valence electrons. The zero-order chi connectivity index (χ0) is 10.4. The second-order valence-electron chi connectivity index (χ2n) is 3.91. The number of rotatable bonds is 5. The van der Waals surface area contributed by atoms with Crippen LogP contribution in [-0.2, 0) is 4.79 Å². The van der Waals surface area contributed by atoms with Crippen LogP contribution >= 0.6 is 0 Å². The Bertz CT molecular complexity index is 197. The molecule has 14 heavy (non-hydrogen) atoms. The molecule has 0 spiro atoms. The van der Waals surface area contributed by atoms with Gasteiger partial charge in [-0.25, -0.2) is 0 Å². The number of carboxylic acids is 1. The van der Waals surface area contributed by atoms with Gasteiger partial charge in [-0.05, 0) is 18.8 Å². The van der Waals surface area contributed by atoms with Crippen LogP contribution < -0.4 is 5.32 Å². The summed E-state index contributed by atoms with van der Waals surface area (Å²) >= 11 is 0. The molecule has 1 rings (SSSR count). The van der Waals surface area contributed by atoms with Crippen LogP contribution in [0.1, 0.15) is 32.1 Å². The molecule has 2 N–H and O–H groups in total. The average molecular weight is 197 g/mol. The van der Waals surface area contributed by atoms with Crippen molar-refractivity contribution in [1.29, 1.82) is 0 Å². The summed E-state index contributed by atoms with van der Waals surface area (Å²) in [6, 6.07) is -0.381.